The average molecular weight is 310 g/mol. The highest BCUT2D eigenvalue weighted by atomic mass is 16.5. The highest BCUT2D eigenvalue weighted by Crippen LogP contribution is 2.25. The van der Waals surface area contributed by atoms with Gasteiger partial charge in [0.05, 0.1) is 0 Å². The van der Waals surface area contributed by atoms with E-state index in [1.807, 2.05) is 30.3 Å². The van der Waals surface area contributed by atoms with E-state index >= 15 is 0 Å². The second-order valence-corrected chi connectivity index (χ2v) is 5.42. The predicted molar refractivity (Wildman–Crippen MR) is 88.6 cm³/mol. The van der Waals surface area contributed by atoms with Crippen molar-refractivity contribution >= 4 is 23.2 Å². The summed E-state index contributed by atoms with van der Waals surface area (Å²) in [4.78, 5) is 23.5. The van der Waals surface area contributed by atoms with Gasteiger partial charge in [-0.2, -0.15) is 0 Å². The molecular weight excluding hydrogens is 292 g/mol. The van der Waals surface area contributed by atoms with Crippen molar-refractivity contribution < 1.29 is 14.3 Å². The molecule has 1 aliphatic heterocycles. The number of benzene rings is 2. The van der Waals surface area contributed by atoms with Crippen LogP contribution in [-0.4, -0.2) is 18.4 Å². The lowest BCUT2D eigenvalue weighted by Gasteiger charge is -2.11. The number of rotatable bonds is 4. The molecule has 1 aliphatic rings. The molecule has 5 heteroatoms. The number of carbonyl (C=O) groups excluding carboxylic acids is 2. The monoisotopic (exact) mass is 310 g/mol. The average Bonchev–Trinajstić information content (AvgIpc) is 2.74. The maximum atomic E-state index is 12.0. The molecule has 118 valence electrons. The van der Waals surface area contributed by atoms with Crippen molar-refractivity contribution in [3.63, 3.8) is 0 Å². The fourth-order valence-corrected chi connectivity index (χ4v) is 2.52. The maximum absolute atomic E-state index is 12.0. The van der Waals surface area contributed by atoms with Crippen molar-refractivity contribution in [3.8, 4) is 5.75 Å². The summed E-state index contributed by atoms with van der Waals surface area (Å²) in [5.74, 6) is 0.482. The van der Waals surface area contributed by atoms with Gasteiger partial charge in [0.1, 0.15) is 5.75 Å². The van der Waals surface area contributed by atoms with Crippen LogP contribution in [0.5, 0.6) is 5.75 Å². The number of nitrogens with one attached hydrogen (secondary N) is 2. The predicted octanol–water partition coefficient (Wildman–Crippen LogP) is 2.98. The van der Waals surface area contributed by atoms with Gasteiger partial charge >= 0.3 is 0 Å². The number of aryl methyl sites for hydroxylation is 1. The van der Waals surface area contributed by atoms with Crippen LogP contribution in [0.1, 0.15) is 18.4 Å². The van der Waals surface area contributed by atoms with E-state index in [-0.39, 0.29) is 18.4 Å². The van der Waals surface area contributed by atoms with Crippen LogP contribution in [0.25, 0.3) is 0 Å². The van der Waals surface area contributed by atoms with E-state index in [0.29, 0.717) is 17.9 Å². The molecule has 0 atom stereocenters. The molecule has 0 aliphatic carbocycles. The molecule has 0 fully saturated rings. The normalized spacial score (nSPS) is 13.5. The molecule has 2 aromatic carbocycles. The van der Waals surface area contributed by atoms with E-state index < -0.39 is 0 Å². The van der Waals surface area contributed by atoms with Gasteiger partial charge in [0.2, 0.25) is 5.91 Å². The molecule has 0 aromatic heterocycles. The Morgan fingerprint density at radius 3 is 2.78 bits per heavy atom. The lowest BCUT2D eigenvalue weighted by Crippen LogP contribution is -2.20. The van der Waals surface area contributed by atoms with Crippen molar-refractivity contribution in [2.75, 3.05) is 17.2 Å². The first-order chi connectivity index (χ1) is 11.2. The summed E-state index contributed by atoms with van der Waals surface area (Å²) in [6.07, 6.45) is 2.16. The van der Waals surface area contributed by atoms with E-state index in [0.717, 1.165) is 24.1 Å². The molecule has 23 heavy (non-hydrogen) atoms. The Kier molecular flexibility index (Phi) is 4.57. The quantitative estimate of drug-likeness (QED) is 0.912. The Morgan fingerprint density at radius 2 is 1.96 bits per heavy atom. The summed E-state index contributed by atoms with van der Waals surface area (Å²) < 4.78 is 5.42. The van der Waals surface area contributed by atoms with Crippen LogP contribution in [-0.2, 0) is 16.0 Å². The zero-order valence-electron chi connectivity index (χ0n) is 12.7. The standard InChI is InChI=1S/C18H18N2O3/c21-17-8-4-5-13-11-14(9-10-16(13)20-17)19-18(22)12-23-15-6-2-1-3-7-15/h1-3,6-7,9-11H,4-5,8,12H2,(H,19,22)(H,20,21). The number of amides is 2. The Balaban J connectivity index is 1.60. The largest absolute Gasteiger partial charge is 0.484 e. The molecular formula is C18H18N2O3. The van der Waals surface area contributed by atoms with Gasteiger partial charge in [-0.3, -0.25) is 9.59 Å². The van der Waals surface area contributed by atoms with Crippen LogP contribution in [0.15, 0.2) is 48.5 Å². The topological polar surface area (TPSA) is 67.4 Å². The summed E-state index contributed by atoms with van der Waals surface area (Å²) in [6, 6.07) is 14.7. The summed E-state index contributed by atoms with van der Waals surface area (Å²) in [5.41, 5.74) is 2.57. The van der Waals surface area contributed by atoms with Gasteiger partial charge in [-0.1, -0.05) is 18.2 Å². The molecule has 0 saturated heterocycles. The van der Waals surface area contributed by atoms with Gasteiger partial charge in [-0.15, -0.1) is 0 Å². The van der Waals surface area contributed by atoms with Crippen molar-refractivity contribution in [2.45, 2.75) is 19.3 Å². The third kappa shape index (κ3) is 4.10. The number of anilines is 2. The van der Waals surface area contributed by atoms with Gasteiger partial charge in [0.15, 0.2) is 6.61 Å². The molecule has 0 radical (unpaired) electrons. The minimum absolute atomic E-state index is 0.0387. The van der Waals surface area contributed by atoms with Gasteiger partial charge in [-0.25, -0.2) is 0 Å². The van der Waals surface area contributed by atoms with Gasteiger partial charge in [0.25, 0.3) is 5.91 Å². The number of para-hydroxylation sites is 1. The van der Waals surface area contributed by atoms with E-state index in [2.05, 4.69) is 10.6 Å². The van der Waals surface area contributed by atoms with Crippen molar-refractivity contribution in [3.05, 3.63) is 54.1 Å². The number of hydrogen-bond donors (Lipinski definition) is 2. The molecule has 5 nitrogen and oxygen atoms in total. The molecule has 2 aromatic rings. The van der Waals surface area contributed by atoms with Crippen molar-refractivity contribution in [1.82, 2.24) is 0 Å². The molecule has 1 heterocycles. The number of hydrogen-bond acceptors (Lipinski definition) is 3. The van der Waals surface area contributed by atoms with Crippen LogP contribution < -0.4 is 15.4 Å². The van der Waals surface area contributed by atoms with Gasteiger partial charge in [0, 0.05) is 17.8 Å². The lowest BCUT2D eigenvalue weighted by atomic mass is 10.1. The maximum Gasteiger partial charge on any atom is 0.262 e. The minimum Gasteiger partial charge on any atom is -0.484 e. The molecule has 0 unspecified atom stereocenters. The lowest BCUT2D eigenvalue weighted by molar-refractivity contribution is -0.118. The molecule has 3 rings (SSSR count). The summed E-state index contributed by atoms with van der Waals surface area (Å²) in [7, 11) is 0. The third-order valence-electron chi connectivity index (χ3n) is 3.63. The number of fused-ring (bicyclic) bond motifs is 1. The Bertz CT molecular complexity index is 713. The number of carbonyl (C=O) groups is 2. The molecule has 0 spiro atoms. The molecule has 0 saturated carbocycles. The SMILES string of the molecule is O=C(COc1ccccc1)Nc1ccc2c(c1)CCCC(=O)N2. The fourth-order valence-electron chi connectivity index (χ4n) is 2.52. The van der Waals surface area contributed by atoms with Crippen LogP contribution in [0.3, 0.4) is 0 Å². The molecule has 0 bridgehead atoms. The first-order valence-corrected chi connectivity index (χ1v) is 7.61. The summed E-state index contributed by atoms with van der Waals surface area (Å²) >= 11 is 0. The molecule has 2 amide bonds. The van der Waals surface area contributed by atoms with Crippen LogP contribution in [0.4, 0.5) is 11.4 Å². The highest BCUT2D eigenvalue weighted by Gasteiger charge is 2.13. The Morgan fingerprint density at radius 1 is 1.13 bits per heavy atom. The van der Waals surface area contributed by atoms with Crippen LogP contribution in [0, 0.1) is 0 Å². The second-order valence-electron chi connectivity index (χ2n) is 5.42. The van der Waals surface area contributed by atoms with E-state index in [4.69, 9.17) is 4.74 Å². The minimum atomic E-state index is -0.216. The van der Waals surface area contributed by atoms with Crippen molar-refractivity contribution in [2.24, 2.45) is 0 Å². The second kappa shape index (κ2) is 6.96. The van der Waals surface area contributed by atoms with E-state index in [9.17, 15) is 9.59 Å². The van der Waals surface area contributed by atoms with E-state index in [1.54, 1.807) is 18.2 Å². The first kappa shape index (κ1) is 15.1. The van der Waals surface area contributed by atoms with Crippen LogP contribution in [0.2, 0.25) is 0 Å². The highest BCUT2D eigenvalue weighted by molar-refractivity contribution is 5.94. The zero-order chi connectivity index (χ0) is 16.1. The number of ether oxygens (including phenoxy) is 1. The Labute approximate surface area is 134 Å². The third-order valence-corrected chi connectivity index (χ3v) is 3.63. The summed E-state index contributed by atoms with van der Waals surface area (Å²) in [6.45, 7) is -0.0438. The van der Waals surface area contributed by atoms with Crippen LogP contribution >= 0.6 is 0 Å². The first-order valence-electron chi connectivity index (χ1n) is 7.61. The zero-order valence-corrected chi connectivity index (χ0v) is 12.7. The summed E-state index contributed by atoms with van der Waals surface area (Å²) in [5, 5.41) is 5.69. The fraction of sp³-hybridized carbons (Fsp3) is 0.222. The smallest absolute Gasteiger partial charge is 0.262 e. The van der Waals surface area contributed by atoms with Gasteiger partial charge in [-0.05, 0) is 48.7 Å². The van der Waals surface area contributed by atoms with Gasteiger partial charge < -0.3 is 15.4 Å². The van der Waals surface area contributed by atoms with E-state index in [1.165, 1.54) is 0 Å². The molecule has 2 N–H and O–H groups in total. The van der Waals surface area contributed by atoms with Crippen molar-refractivity contribution in [1.29, 1.82) is 0 Å². The Hall–Kier alpha value is -2.82.